The summed E-state index contributed by atoms with van der Waals surface area (Å²) < 4.78 is 11.1. The first-order valence-electron chi connectivity index (χ1n) is 10.0. The summed E-state index contributed by atoms with van der Waals surface area (Å²) in [6, 6.07) is 15.6. The molecule has 4 N–H and O–H groups in total. The Bertz CT molecular complexity index is 1270. The normalized spacial score (nSPS) is 10.5. The fraction of sp³-hybridized carbons (Fsp3) is 0.0833. The Balaban J connectivity index is 1.49. The van der Waals surface area contributed by atoms with Gasteiger partial charge in [-0.05, 0) is 42.0 Å². The Morgan fingerprint density at radius 2 is 1.79 bits per heavy atom. The number of carbonyl (C=O) groups is 2. The molecule has 0 radical (unpaired) electrons. The lowest BCUT2D eigenvalue weighted by atomic mass is 10.1. The number of methoxy groups -OCH3 is 1. The molecular formula is C24H21N5O4. The zero-order valence-electron chi connectivity index (χ0n) is 17.7. The number of nitrogens with zero attached hydrogens (tertiary/aromatic N) is 2. The molecule has 2 heterocycles. The van der Waals surface area contributed by atoms with E-state index in [1.54, 1.807) is 61.1 Å². The lowest BCUT2D eigenvalue weighted by molar-refractivity contribution is 0.0949. The standard InChI is InChI=1S/C24H21N5O4/c1-32-20-11-18(23(31)27-13-15-6-8-26-9-7-15)10-19(12-20)29-24-28-14-21(33-24)16-2-4-17(5-3-16)22(25)30/h2-12,14H,13H2,1H3,(H2,25,30)(H,27,31)(H,28,29). The smallest absolute Gasteiger partial charge is 0.299 e. The molecule has 0 atom stereocenters. The van der Waals surface area contributed by atoms with Gasteiger partial charge in [0.1, 0.15) is 5.75 Å². The minimum absolute atomic E-state index is 0.236. The van der Waals surface area contributed by atoms with Crippen molar-refractivity contribution in [2.45, 2.75) is 6.54 Å². The zero-order valence-corrected chi connectivity index (χ0v) is 17.7. The Labute approximate surface area is 189 Å². The average Bonchev–Trinajstić information content (AvgIpc) is 3.31. The number of aromatic nitrogens is 2. The summed E-state index contributed by atoms with van der Waals surface area (Å²) in [7, 11) is 1.52. The first kappa shape index (κ1) is 21.6. The third-order valence-corrected chi connectivity index (χ3v) is 4.82. The summed E-state index contributed by atoms with van der Waals surface area (Å²) in [5.74, 6) is 0.256. The van der Waals surface area contributed by atoms with E-state index in [0.29, 0.717) is 34.9 Å². The average molecular weight is 443 g/mol. The van der Waals surface area contributed by atoms with Crippen molar-refractivity contribution >= 4 is 23.5 Å². The highest BCUT2D eigenvalue weighted by molar-refractivity contribution is 5.96. The van der Waals surface area contributed by atoms with Gasteiger partial charge in [0.2, 0.25) is 5.91 Å². The summed E-state index contributed by atoms with van der Waals surface area (Å²) in [5, 5.41) is 5.92. The second-order valence-corrected chi connectivity index (χ2v) is 7.08. The zero-order chi connectivity index (χ0) is 23.2. The van der Waals surface area contributed by atoms with Gasteiger partial charge in [-0.15, -0.1) is 0 Å². The van der Waals surface area contributed by atoms with Crippen molar-refractivity contribution in [1.82, 2.24) is 15.3 Å². The van der Waals surface area contributed by atoms with Gasteiger partial charge >= 0.3 is 0 Å². The molecule has 0 saturated heterocycles. The van der Waals surface area contributed by atoms with Crippen LogP contribution in [0.4, 0.5) is 11.7 Å². The molecule has 2 aromatic heterocycles. The molecule has 0 spiro atoms. The molecule has 0 aliphatic carbocycles. The molecule has 166 valence electrons. The van der Waals surface area contributed by atoms with E-state index < -0.39 is 5.91 Å². The van der Waals surface area contributed by atoms with Crippen LogP contribution in [0.3, 0.4) is 0 Å². The molecule has 0 aliphatic rings. The van der Waals surface area contributed by atoms with E-state index in [1.807, 2.05) is 12.1 Å². The maximum atomic E-state index is 12.7. The van der Waals surface area contributed by atoms with Crippen molar-refractivity contribution in [2.24, 2.45) is 5.73 Å². The van der Waals surface area contributed by atoms with E-state index in [-0.39, 0.29) is 11.9 Å². The number of oxazole rings is 1. The minimum Gasteiger partial charge on any atom is -0.497 e. The van der Waals surface area contributed by atoms with Gasteiger partial charge in [0.05, 0.1) is 13.3 Å². The summed E-state index contributed by atoms with van der Waals surface area (Å²) in [6.07, 6.45) is 4.90. The van der Waals surface area contributed by atoms with Crippen molar-refractivity contribution in [3.63, 3.8) is 0 Å². The monoisotopic (exact) mass is 443 g/mol. The first-order chi connectivity index (χ1) is 16.0. The molecular weight excluding hydrogens is 422 g/mol. The largest absolute Gasteiger partial charge is 0.497 e. The number of hydrogen-bond donors (Lipinski definition) is 3. The molecule has 4 rings (SSSR count). The summed E-state index contributed by atoms with van der Waals surface area (Å²) in [6.45, 7) is 0.374. The maximum absolute atomic E-state index is 12.7. The maximum Gasteiger partial charge on any atom is 0.299 e. The molecule has 0 fully saturated rings. The van der Waals surface area contributed by atoms with Crippen molar-refractivity contribution in [3.05, 3.63) is 89.9 Å². The molecule has 0 unspecified atom stereocenters. The lowest BCUT2D eigenvalue weighted by Crippen LogP contribution is -2.22. The minimum atomic E-state index is -0.500. The molecule has 0 saturated carbocycles. The Kier molecular flexibility index (Phi) is 6.31. The van der Waals surface area contributed by atoms with Crippen molar-refractivity contribution in [2.75, 3.05) is 12.4 Å². The number of pyridine rings is 1. The van der Waals surface area contributed by atoms with Gasteiger partial charge in [0.25, 0.3) is 11.9 Å². The number of primary amides is 1. The van der Waals surface area contributed by atoms with Gasteiger partial charge < -0.3 is 25.5 Å². The number of nitrogens with one attached hydrogen (secondary N) is 2. The van der Waals surface area contributed by atoms with E-state index in [9.17, 15) is 9.59 Å². The molecule has 33 heavy (non-hydrogen) atoms. The number of hydrogen-bond acceptors (Lipinski definition) is 7. The molecule has 9 heteroatoms. The fourth-order valence-electron chi connectivity index (χ4n) is 3.09. The van der Waals surface area contributed by atoms with Gasteiger partial charge in [-0.2, -0.15) is 0 Å². The molecule has 0 aliphatic heterocycles. The van der Waals surface area contributed by atoms with Crippen LogP contribution in [0.1, 0.15) is 26.3 Å². The number of rotatable bonds is 8. The highest BCUT2D eigenvalue weighted by atomic mass is 16.5. The SMILES string of the molecule is COc1cc(Nc2ncc(-c3ccc(C(N)=O)cc3)o2)cc(C(=O)NCc2ccncc2)c1. The number of ether oxygens (including phenoxy) is 1. The number of nitrogens with two attached hydrogens (primary N) is 1. The predicted octanol–water partition coefficient (Wildman–Crippen LogP) is 3.52. The summed E-state index contributed by atoms with van der Waals surface area (Å²) >= 11 is 0. The number of carbonyl (C=O) groups excluding carboxylic acids is 2. The van der Waals surface area contributed by atoms with Crippen LogP contribution in [0.5, 0.6) is 5.75 Å². The van der Waals surface area contributed by atoms with Gasteiger partial charge in [0.15, 0.2) is 5.76 Å². The Morgan fingerprint density at radius 1 is 1.03 bits per heavy atom. The van der Waals surface area contributed by atoms with Crippen LogP contribution >= 0.6 is 0 Å². The van der Waals surface area contributed by atoms with Crippen LogP contribution in [0, 0.1) is 0 Å². The third-order valence-electron chi connectivity index (χ3n) is 4.82. The van der Waals surface area contributed by atoms with Gasteiger partial charge in [-0.25, -0.2) is 4.98 Å². The topological polar surface area (TPSA) is 132 Å². The fourth-order valence-corrected chi connectivity index (χ4v) is 3.09. The highest BCUT2D eigenvalue weighted by Crippen LogP contribution is 2.27. The first-order valence-corrected chi connectivity index (χ1v) is 10.0. The van der Waals surface area contributed by atoms with E-state index in [1.165, 1.54) is 7.11 Å². The molecule has 0 bridgehead atoms. The van der Waals surface area contributed by atoms with Crippen molar-refractivity contribution in [1.29, 1.82) is 0 Å². The van der Waals surface area contributed by atoms with Crippen molar-refractivity contribution in [3.8, 4) is 17.1 Å². The van der Waals surface area contributed by atoms with Crippen LogP contribution < -0.4 is 21.1 Å². The van der Waals surface area contributed by atoms with Crippen LogP contribution in [-0.4, -0.2) is 28.9 Å². The molecule has 4 aromatic rings. The molecule has 2 amide bonds. The Hall–Kier alpha value is -4.66. The van der Waals surface area contributed by atoms with Gasteiger partial charge in [0, 0.05) is 47.4 Å². The van der Waals surface area contributed by atoms with Gasteiger partial charge in [-0.1, -0.05) is 12.1 Å². The van der Waals surface area contributed by atoms with Crippen molar-refractivity contribution < 1.29 is 18.7 Å². The highest BCUT2D eigenvalue weighted by Gasteiger charge is 2.12. The number of amides is 2. The number of benzene rings is 2. The van der Waals surface area contributed by atoms with Crippen LogP contribution in [0.15, 0.2) is 77.6 Å². The number of anilines is 2. The third kappa shape index (κ3) is 5.34. The Morgan fingerprint density at radius 3 is 2.48 bits per heavy atom. The summed E-state index contributed by atoms with van der Waals surface area (Å²) in [5.41, 5.74) is 8.34. The van der Waals surface area contributed by atoms with E-state index in [0.717, 1.165) is 11.1 Å². The van der Waals surface area contributed by atoms with Crippen LogP contribution in [0.25, 0.3) is 11.3 Å². The second-order valence-electron chi connectivity index (χ2n) is 7.08. The quantitative estimate of drug-likeness (QED) is 0.379. The van der Waals surface area contributed by atoms with E-state index in [4.69, 9.17) is 14.9 Å². The van der Waals surface area contributed by atoms with Crippen LogP contribution in [0.2, 0.25) is 0 Å². The van der Waals surface area contributed by atoms with Gasteiger partial charge in [-0.3, -0.25) is 14.6 Å². The predicted molar refractivity (Wildman–Crippen MR) is 122 cm³/mol. The summed E-state index contributed by atoms with van der Waals surface area (Å²) in [4.78, 5) is 32.1. The molecule has 9 nitrogen and oxygen atoms in total. The van der Waals surface area contributed by atoms with E-state index in [2.05, 4.69) is 20.6 Å². The molecule has 2 aromatic carbocycles. The van der Waals surface area contributed by atoms with Crippen LogP contribution in [-0.2, 0) is 6.54 Å². The van der Waals surface area contributed by atoms with E-state index >= 15 is 0 Å². The second kappa shape index (κ2) is 9.65. The lowest BCUT2D eigenvalue weighted by Gasteiger charge is -2.10.